The fourth-order valence-corrected chi connectivity index (χ4v) is 4.61. The Morgan fingerprint density at radius 3 is 2.53 bits per heavy atom. The summed E-state index contributed by atoms with van der Waals surface area (Å²) in [6.45, 7) is 13.1. The quantitative estimate of drug-likeness (QED) is 0.319. The second kappa shape index (κ2) is 10.1. The van der Waals surface area contributed by atoms with Crippen molar-refractivity contribution in [2.75, 3.05) is 11.1 Å². The summed E-state index contributed by atoms with van der Waals surface area (Å²) < 4.78 is 2.01. The first-order valence-electron chi connectivity index (χ1n) is 10.0. The number of thioether (sulfide) groups is 1. The van der Waals surface area contributed by atoms with E-state index < -0.39 is 0 Å². The molecule has 1 amide bonds. The SMILES string of the molecule is C=CCn1c(SCC(=O)Nc2ccc(C(C)C)cc2)nnc1-c1csc(C(C)C)c1. The van der Waals surface area contributed by atoms with Crippen LogP contribution in [0.1, 0.15) is 50.0 Å². The van der Waals surface area contributed by atoms with Crippen molar-refractivity contribution in [3.05, 3.63) is 58.8 Å². The summed E-state index contributed by atoms with van der Waals surface area (Å²) in [6, 6.07) is 10.2. The van der Waals surface area contributed by atoms with Gasteiger partial charge in [-0.3, -0.25) is 9.36 Å². The van der Waals surface area contributed by atoms with E-state index in [0.29, 0.717) is 23.5 Å². The standard InChI is InChI=1S/C23H28N4OS2/c1-6-11-27-22(18-12-20(16(4)5)29-13-18)25-26-23(27)30-14-21(28)24-19-9-7-17(8-10-19)15(2)3/h6-10,12-13,15-16H,1,11,14H2,2-5H3,(H,24,28). The molecule has 1 aromatic carbocycles. The molecule has 5 nitrogen and oxygen atoms in total. The van der Waals surface area contributed by atoms with Crippen molar-refractivity contribution < 1.29 is 4.79 Å². The number of thiophene rings is 1. The fraction of sp³-hybridized carbons (Fsp3) is 0.348. The van der Waals surface area contributed by atoms with E-state index in [2.05, 4.69) is 61.2 Å². The molecular weight excluding hydrogens is 412 g/mol. The normalized spacial score (nSPS) is 11.3. The number of hydrogen-bond acceptors (Lipinski definition) is 5. The van der Waals surface area contributed by atoms with Crippen LogP contribution >= 0.6 is 23.1 Å². The van der Waals surface area contributed by atoms with Gasteiger partial charge in [0.1, 0.15) is 0 Å². The molecule has 0 spiro atoms. The smallest absolute Gasteiger partial charge is 0.234 e. The van der Waals surface area contributed by atoms with E-state index in [-0.39, 0.29) is 11.7 Å². The van der Waals surface area contributed by atoms with Gasteiger partial charge in [-0.05, 0) is 35.6 Å². The van der Waals surface area contributed by atoms with Gasteiger partial charge in [0.15, 0.2) is 11.0 Å². The summed E-state index contributed by atoms with van der Waals surface area (Å²) in [7, 11) is 0. The van der Waals surface area contributed by atoms with Crippen molar-refractivity contribution >= 4 is 34.7 Å². The Labute approximate surface area is 186 Å². The molecule has 0 aliphatic carbocycles. The molecule has 0 aliphatic heterocycles. The summed E-state index contributed by atoms with van der Waals surface area (Å²) in [6.07, 6.45) is 1.82. The molecule has 3 aromatic rings. The van der Waals surface area contributed by atoms with Gasteiger partial charge < -0.3 is 5.32 Å². The molecule has 30 heavy (non-hydrogen) atoms. The van der Waals surface area contributed by atoms with E-state index >= 15 is 0 Å². The lowest BCUT2D eigenvalue weighted by Gasteiger charge is -2.09. The minimum absolute atomic E-state index is 0.0652. The van der Waals surface area contributed by atoms with Crippen molar-refractivity contribution in [2.45, 2.75) is 51.2 Å². The van der Waals surface area contributed by atoms with Crippen LogP contribution in [0.4, 0.5) is 5.69 Å². The number of benzene rings is 1. The minimum Gasteiger partial charge on any atom is -0.325 e. The molecule has 3 rings (SSSR count). The first-order chi connectivity index (χ1) is 14.4. The lowest BCUT2D eigenvalue weighted by atomic mass is 10.0. The van der Waals surface area contributed by atoms with E-state index in [1.807, 2.05) is 34.9 Å². The van der Waals surface area contributed by atoms with Crippen LogP contribution in [-0.2, 0) is 11.3 Å². The average molecular weight is 441 g/mol. The second-order valence-corrected chi connectivity index (χ2v) is 9.60. The van der Waals surface area contributed by atoms with E-state index in [9.17, 15) is 4.79 Å². The lowest BCUT2D eigenvalue weighted by Crippen LogP contribution is -2.14. The Morgan fingerprint density at radius 1 is 1.20 bits per heavy atom. The van der Waals surface area contributed by atoms with Crippen LogP contribution in [0.5, 0.6) is 0 Å². The van der Waals surface area contributed by atoms with E-state index in [0.717, 1.165) is 17.1 Å². The van der Waals surface area contributed by atoms with Crippen molar-refractivity contribution in [3.63, 3.8) is 0 Å². The van der Waals surface area contributed by atoms with Crippen LogP contribution in [-0.4, -0.2) is 26.4 Å². The minimum atomic E-state index is -0.0652. The number of nitrogens with zero attached hydrogens (tertiary/aromatic N) is 3. The number of aromatic nitrogens is 3. The van der Waals surface area contributed by atoms with Crippen LogP contribution in [0.2, 0.25) is 0 Å². The highest BCUT2D eigenvalue weighted by atomic mass is 32.2. The maximum Gasteiger partial charge on any atom is 0.234 e. The first-order valence-corrected chi connectivity index (χ1v) is 11.9. The highest BCUT2D eigenvalue weighted by Gasteiger charge is 2.17. The second-order valence-electron chi connectivity index (χ2n) is 7.71. The Kier molecular flexibility index (Phi) is 7.50. The van der Waals surface area contributed by atoms with Gasteiger partial charge in [-0.25, -0.2) is 0 Å². The van der Waals surface area contributed by atoms with Crippen LogP contribution in [0.3, 0.4) is 0 Å². The zero-order valence-electron chi connectivity index (χ0n) is 17.9. The zero-order chi connectivity index (χ0) is 21.7. The predicted octanol–water partition coefficient (Wildman–Crippen LogP) is 6.17. The maximum atomic E-state index is 12.4. The van der Waals surface area contributed by atoms with Gasteiger partial charge in [0, 0.05) is 28.1 Å². The highest BCUT2D eigenvalue weighted by molar-refractivity contribution is 7.99. The number of hydrogen-bond donors (Lipinski definition) is 1. The topological polar surface area (TPSA) is 59.8 Å². The van der Waals surface area contributed by atoms with E-state index in [1.54, 1.807) is 11.3 Å². The highest BCUT2D eigenvalue weighted by Crippen LogP contribution is 2.31. The molecule has 0 unspecified atom stereocenters. The third-order valence-electron chi connectivity index (χ3n) is 4.67. The molecule has 0 radical (unpaired) electrons. The predicted molar refractivity (Wildman–Crippen MR) is 128 cm³/mol. The van der Waals surface area contributed by atoms with Gasteiger partial charge in [0.25, 0.3) is 0 Å². The number of rotatable bonds is 9. The number of nitrogens with one attached hydrogen (secondary N) is 1. The van der Waals surface area contributed by atoms with Crippen LogP contribution in [0.15, 0.2) is 53.5 Å². The van der Waals surface area contributed by atoms with Crippen molar-refractivity contribution in [3.8, 4) is 11.4 Å². The molecule has 0 bridgehead atoms. The number of carbonyl (C=O) groups is 1. The molecule has 0 atom stereocenters. The zero-order valence-corrected chi connectivity index (χ0v) is 19.5. The van der Waals surface area contributed by atoms with Gasteiger partial charge in [-0.1, -0.05) is 57.7 Å². The molecule has 7 heteroatoms. The summed E-state index contributed by atoms with van der Waals surface area (Å²) in [4.78, 5) is 13.7. The summed E-state index contributed by atoms with van der Waals surface area (Å²) in [5.74, 6) is 1.96. The summed E-state index contributed by atoms with van der Waals surface area (Å²) >= 11 is 3.12. The fourth-order valence-electron chi connectivity index (χ4n) is 2.95. The van der Waals surface area contributed by atoms with Gasteiger partial charge in [0.05, 0.1) is 5.75 Å². The Balaban J connectivity index is 1.67. The molecular formula is C23H28N4OS2. The molecule has 2 heterocycles. The number of carbonyl (C=O) groups excluding carboxylic acids is 1. The van der Waals surface area contributed by atoms with Gasteiger partial charge in [-0.2, -0.15) is 0 Å². The molecule has 0 saturated heterocycles. The van der Waals surface area contributed by atoms with Crippen LogP contribution in [0.25, 0.3) is 11.4 Å². The molecule has 0 fully saturated rings. The summed E-state index contributed by atoms with van der Waals surface area (Å²) in [5.41, 5.74) is 3.11. The third-order valence-corrected chi connectivity index (χ3v) is 6.87. The van der Waals surface area contributed by atoms with Crippen LogP contribution in [0, 0.1) is 0 Å². The summed E-state index contributed by atoms with van der Waals surface area (Å²) in [5, 5.41) is 14.5. The maximum absolute atomic E-state index is 12.4. The molecule has 2 aromatic heterocycles. The number of anilines is 1. The van der Waals surface area contributed by atoms with Crippen molar-refractivity contribution in [1.82, 2.24) is 14.8 Å². The first kappa shape index (κ1) is 22.3. The Bertz CT molecular complexity index is 1000. The largest absolute Gasteiger partial charge is 0.325 e. The lowest BCUT2D eigenvalue weighted by molar-refractivity contribution is -0.113. The van der Waals surface area contributed by atoms with Crippen LogP contribution < -0.4 is 5.32 Å². The Morgan fingerprint density at radius 2 is 1.93 bits per heavy atom. The van der Waals surface area contributed by atoms with Crippen molar-refractivity contribution in [1.29, 1.82) is 0 Å². The Hall–Kier alpha value is -2.38. The van der Waals surface area contributed by atoms with Gasteiger partial charge in [-0.15, -0.1) is 28.1 Å². The molecule has 158 valence electrons. The number of allylic oxidation sites excluding steroid dienone is 1. The molecule has 1 N–H and O–H groups in total. The average Bonchev–Trinajstić information content (AvgIpc) is 3.34. The number of amides is 1. The van der Waals surface area contributed by atoms with E-state index in [1.165, 1.54) is 22.2 Å². The van der Waals surface area contributed by atoms with E-state index in [4.69, 9.17) is 0 Å². The van der Waals surface area contributed by atoms with Gasteiger partial charge >= 0.3 is 0 Å². The van der Waals surface area contributed by atoms with Gasteiger partial charge in [0.2, 0.25) is 5.91 Å². The third kappa shape index (κ3) is 5.40. The molecule has 0 saturated carbocycles. The molecule has 0 aliphatic rings. The monoisotopic (exact) mass is 440 g/mol. The van der Waals surface area contributed by atoms with Crippen molar-refractivity contribution in [2.24, 2.45) is 0 Å².